The van der Waals surface area contributed by atoms with Gasteiger partial charge in [-0.2, -0.15) is 0 Å². The second-order valence-electron chi connectivity index (χ2n) is 3.36. The Hall–Kier alpha value is -1.10. The first-order chi connectivity index (χ1) is 6.74. The summed E-state index contributed by atoms with van der Waals surface area (Å²) >= 11 is 0. The van der Waals surface area contributed by atoms with Crippen molar-refractivity contribution in [2.75, 3.05) is 26.7 Å². The maximum atomic E-state index is 10.7. The van der Waals surface area contributed by atoms with E-state index in [1.54, 1.807) is 0 Å². The highest BCUT2D eigenvalue weighted by atomic mass is 16.6. The van der Waals surface area contributed by atoms with E-state index in [1.807, 2.05) is 0 Å². The summed E-state index contributed by atoms with van der Waals surface area (Å²) in [7, 11) is 1.36. The molecule has 0 aliphatic carbocycles. The van der Waals surface area contributed by atoms with Crippen molar-refractivity contribution in [1.29, 1.82) is 0 Å². The van der Waals surface area contributed by atoms with Crippen LogP contribution in [0.15, 0.2) is 5.16 Å². The van der Waals surface area contributed by atoms with Crippen LogP contribution in [0.3, 0.4) is 0 Å². The standard InChI is InChI=1S/C9H16N2O3/c1-14-10-8(9(12)13)7-11-5-3-2-4-6-11/h2-7H2,1H3,(H,12,13). The van der Waals surface area contributed by atoms with Crippen molar-refractivity contribution in [2.24, 2.45) is 5.16 Å². The lowest BCUT2D eigenvalue weighted by atomic mass is 10.1. The average molecular weight is 200 g/mol. The first kappa shape index (κ1) is 11.0. The summed E-state index contributed by atoms with van der Waals surface area (Å²) in [5, 5.41) is 12.3. The minimum atomic E-state index is -1.00. The zero-order valence-corrected chi connectivity index (χ0v) is 8.40. The van der Waals surface area contributed by atoms with Crippen LogP contribution in [0.25, 0.3) is 0 Å². The van der Waals surface area contributed by atoms with Crippen molar-refractivity contribution in [3.8, 4) is 0 Å². The monoisotopic (exact) mass is 200 g/mol. The van der Waals surface area contributed by atoms with E-state index < -0.39 is 5.97 Å². The van der Waals surface area contributed by atoms with Gasteiger partial charge in [-0.15, -0.1) is 0 Å². The number of nitrogens with zero attached hydrogens (tertiary/aromatic N) is 2. The summed E-state index contributed by atoms with van der Waals surface area (Å²) < 4.78 is 0. The van der Waals surface area contributed by atoms with Crippen LogP contribution < -0.4 is 0 Å². The minimum Gasteiger partial charge on any atom is -0.477 e. The predicted octanol–water partition coefficient (Wildman–Crippen LogP) is 0.559. The smallest absolute Gasteiger partial charge is 0.355 e. The highest BCUT2D eigenvalue weighted by Gasteiger charge is 2.17. The van der Waals surface area contributed by atoms with Gasteiger partial charge in [0, 0.05) is 0 Å². The molecule has 0 bridgehead atoms. The van der Waals surface area contributed by atoms with Crippen LogP contribution in [0.4, 0.5) is 0 Å². The maximum Gasteiger partial charge on any atom is 0.355 e. The molecule has 0 radical (unpaired) electrons. The number of hydrogen-bond acceptors (Lipinski definition) is 4. The molecule has 5 heteroatoms. The normalized spacial score (nSPS) is 19.4. The Morgan fingerprint density at radius 3 is 2.57 bits per heavy atom. The summed E-state index contributed by atoms with van der Waals surface area (Å²) in [6.45, 7) is 2.29. The van der Waals surface area contributed by atoms with Gasteiger partial charge in [-0.05, 0) is 25.9 Å². The molecule has 5 nitrogen and oxygen atoms in total. The predicted molar refractivity (Wildman–Crippen MR) is 52.4 cm³/mol. The topological polar surface area (TPSA) is 62.1 Å². The molecule has 80 valence electrons. The van der Waals surface area contributed by atoms with Gasteiger partial charge < -0.3 is 9.94 Å². The molecule has 0 spiro atoms. The number of hydrogen-bond donors (Lipinski definition) is 1. The van der Waals surface area contributed by atoms with Gasteiger partial charge in [0.25, 0.3) is 0 Å². The van der Waals surface area contributed by atoms with Gasteiger partial charge in [-0.25, -0.2) is 4.79 Å². The van der Waals surface area contributed by atoms with E-state index in [2.05, 4.69) is 14.9 Å². The van der Waals surface area contributed by atoms with Crippen LogP contribution >= 0.6 is 0 Å². The number of oxime groups is 1. The SMILES string of the molecule is CON=C(CN1CCCCC1)C(=O)O. The van der Waals surface area contributed by atoms with E-state index in [0.29, 0.717) is 6.54 Å². The van der Waals surface area contributed by atoms with Crippen LogP contribution in [0, 0.1) is 0 Å². The molecule has 0 saturated carbocycles. The summed E-state index contributed by atoms with van der Waals surface area (Å²) in [6, 6.07) is 0. The quantitative estimate of drug-likeness (QED) is 0.532. The van der Waals surface area contributed by atoms with Crippen molar-refractivity contribution in [3.05, 3.63) is 0 Å². The Bertz CT molecular complexity index is 222. The molecule has 1 aliphatic heterocycles. The average Bonchev–Trinajstić information content (AvgIpc) is 2.18. The molecule has 0 unspecified atom stereocenters. The first-order valence-electron chi connectivity index (χ1n) is 4.79. The number of likely N-dealkylation sites (tertiary alicyclic amines) is 1. The highest BCUT2D eigenvalue weighted by molar-refractivity contribution is 6.36. The number of piperidine rings is 1. The Balaban J connectivity index is 2.46. The summed E-state index contributed by atoms with van der Waals surface area (Å²) in [5.41, 5.74) is 0.0781. The molecule has 1 saturated heterocycles. The molecule has 0 aromatic heterocycles. The molecule has 0 aromatic rings. The van der Waals surface area contributed by atoms with Crippen molar-refractivity contribution in [3.63, 3.8) is 0 Å². The van der Waals surface area contributed by atoms with Crippen molar-refractivity contribution in [2.45, 2.75) is 19.3 Å². The lowest BCUT2D eigenvalue weighted by Crippen LogP contribution is -2.37. The van der Waals surface area contributed by atoms with Crippen molar-refractivity contribution >= 4 is 11.7 Å². The lowest BCUT2D eigenvalue weighted by molar-refractivity contribution is -0.129. The minimum absolute atomic E-state index is 0.0781. The Morgan fingerprint density at radius 1 is 1.43 bits per heavy atom. The Kier molecular flexibility index (Phi) is 4.39. The molecule has 1 fully saturated rings. The third-order valence-electron chi connectivity index (χ3n) is 2.27. The van der Waals surface area contributed by atoms with Crippen LogP contribution in [0.5, 0.6) is 0 Å². The molecule has 0 atom stereocenters. The van der Waals surface area contributed by atoms with Crippen LogP contribution in [0.1, 0.15) is 19.3 Å². The van der Waals surface area contributed by atoms with Crippen LogP contribution in [-0.4, -0.2) is 48.4 Å². The van der Waals surface area contributed by atoms with Crippen LogP contribution in [0.2, 0.25) is 0 Å². The molecule has 14 heavy (non-hydrogen) atoms. The number of carboxylic acid groups (broad SMARTS) is 1. The molecule has 1 heterocycles. The molecule has 1 N–H and O–H groups in total. The van der Waals surface area contributed by atoms with E-state index in [4.69, 9.17) is 5.11 Å². The van der Waals surface area contributed by atoms with E-state index in [0.717, 1.165) is 25.9 Å². The molecule has 1 rings (SSSR count). The number of rotatable bonds is 4. The van der Waals surface area contributed by atoms with Crippen molar-refractivity contribution in [1.82, 2.24) is 4.90 Å². The van der Waals surface area contributed by atoms with Gasteiger partial charge in [0.05, 0.1) is 6.54 Å². The lowest BCUT2D eigenvalue weighted by Gasteiger charge is -2.25. The maximum absolute atomic E-state index is 10.7. The second-order valence-corrected chi connectivity index (χ2v) is 3.36. The second kappa shape index (κ2) is 5.59. The Labute approximate surface area is 83.3 Å². The van der Waals surface area contributed by atoms with E-state index >= 15 is 0 Å². The number of carboxylic acids is 1. The zero-order chi connectivity index (χ0) is 10.4. The molecular formula is C9H16N2O3. The van der Waals surface area contributed by atoms with E-state index in [9.17, 15) is 4.79 Å². The summed E-state index contributed by atoms with van der Waals surface area (Å²) in [5.74, 6) is -1.00. The fraction of sp³-hybridized carbons (Fsp3) is 0.778. The van der Waals surface area contributed by atoms with Gasteiger partial charge in [0.15, 0.2) is 5.71 Å². The molecule has 1 aliphatic rings. The van der Waals surface area contributed by atoms with Crippen LogP contribution in [-0.2, 0) is 9.63 Å². The molecular weight excluding hydrogens is 184 g/mol. The van der Waals surface area contributed by atoms with Gasteiger partial charge in [-0.3, -0.25) is 4.90 Å². The van der Waals surface area contributed by atoms with E-state index in [-0.39, 0.29) is 5.71 Å². The Morgan fingerprint density at radius 2 is 2.07 bits per heavy atom. The van der Waals surface area contributed by atoms with Gasteiger partial charge in [-0.1, -0.05) is 11.6 Å². The van der Waals surface area contributed by atoms with E-state index in [1.165, 1.54) is 13.5 Å². The fourth-order valence-electron chi connectivity index (χ4n) is 1.58. The van der Waals surface area contributed by atoms with Gasteiger partial charge in [0.2, 0.25) is 0 Å². The summed E-state index contributed by atoms with van der Waals surface area (Å²) in [4.78, 5) is 17.3. The zero-order valence-electron chi connectivity index (χ0n) is 8.40. The first-order valence-corrected chi connectivity index (χ1v) is 4.79. The molecule has 0 amide bonds. The van der Waals surface area contributed by atoms with Gasteiger partial charge >= 0.3 is 5.97 Å². The molecule has 0 aromatic carbocycles. The third kappa shape index (κ3) is 3.33. The largest absolute Gasteiger partial charge is 0.477 e. The van der Waals surface area contributed by atoms with Crippen molar-refractivity contribution < 1.29 is 14.7 Å². The fourth-order valence-corrected chi connectivity index (χ4v) is 1.58. The number of aliphatic carboxylic acids is 1. The highest BCUT2D eigenvalue weighted by Crippen LogP contribution is 2.08. The summed E-state index contributed by atoms with van der Waals surface area (Å²) in [6.07, 6.45) is 3.51. The third-order valence-corrected chi connectivity index (χ3v) is 2.27. The number of carbonyl (C=O) groups is 1. The van der Waals surface area contributed by atoms with Gasteiger partial charge in [0.1, 0.15) is 7.11 Å².